The minimum atomic E-state index is -0.330. The molecule has 0 bridgehead atoms. The van der Waals surface area contributed by atoms with E-state index in [0.29, 0.717) is 10.6 Å². The molecule has 0 unspecified atom stereocenters. The molecule has 1 aromatic carbocycles. The zero-order valence-electron chi connectivity index (χ0n) is 5.47. The molecule has 3 heteroatoms. The van der Waals surface area contributed by atoms with E-state index >= 15 is 0 Å². The molecule has 0 saturated carbocycles. The van der Waals surface area contributed by atoms with Crippen molar-refractivity contribution in [3.05, 3.63) is 24.0 Å². The van der Waals surface area contributed by atoms with Crippen molar-refractivity contribution in [2.24, 2.45) is 0 Å². The van der Waals surface area contributed by atoms with Crippen molar-refractivity contribution >= 4 is 12.6 Å². The third-order valence-corrected chi connectivity index (χ3v) is 1.50. The lowest BCUT2D eigenvalue weighted by Gasteiger charge is -1.99. The molecule has 0 fully saturated rings. The summed E-state index contributed by atoms with van der Waals surface area (Å²) in [6, 6.07) is 4.40. The number of hydrogen-bond donors (Lipinski definition) is 1. The van der Waals surface area contributed by atoms with E-state index < -0.39 is 0 Å². The van der Waals surface area contributed by atoms with Crippen LogP contribution in [0.15, 0.2) is 23.1 Å². The molecule has 0 aromatic heterocycles. The van der Waals surface area contributed by atoms with Crippen LogP contribution in [0.5, 0.6) is 5.75 Å². The molecule has 54 valence electrons. The SMILES string of the molecule is COc1ccc(F)c(S)c1. The Kier molecular flexibility index (Phi) is 2.17. The Bertz CT molecular complexity index is 237. The topological polar surface area (TPSA) is 9.23 Å². The van der Waals surface area contributed by atoms with Crippen LogP contribution in [0.2, 0.25) is 0 Å². The quantitative estimate of drug-likeness (QED) is 0.616. The Hall–Kier alpha value is -0.700. The van der Waals surface area contributed by atoms with Gasteiger partial charge in [-0.2, -0.15) is 0 Å². The standard InChI is InChI=1S/C7H7FOS/c1-9-5-2-3-6(8)7(10)4-5/h2-4,10H,1H3. The van der Waals surface area contributed by atoms with Crippen LogP contribution in [0.4, 0.5) is 4.39 Å². The van der Waals surface area contributed by atoms with E-state index in [9.17, 15) is 4.39 Å². The summed E-state index contributed by atoms with van der Waals surface area (Å²) in [5, 5.41) is 0. The summed E-state index contributed by atoms with van der Waals surface area (Å²) in [6.07, 6.45) is 0. The Labute approximate surface area is 64.2 Å². The van der Waals surface area contributed by atoms with Gasteiger partial charge in [0.2, 0.25) is 0 Å². The van der Waals surface area contributed by atoms with Crippen LogP contribution in [0.3, 0.4) is 0 Å². The Morgan fingerprint density at radius 2 is 2.20 bits per heavy atom. The molecule has 0 heterocycles. The highest BCUT2D eigenvalue weighted by molar-refractivity contribution is 7.80. The first kappa shape index (κ1) is 7.41. The lowest BCUT2D eigenvalue weighted by molar-refractivity contribution is 0.412. The Balaban J connectivity index is 3.04. The van der Waals surface area contributed by atoms with E-state index in [1.54, 1.807) is 6.07 Å². The molecular weight excluding hydrogens is 151 g/mol. The number of halogens is 1. The molecule has 0 saturated heterocycles. The molecule has 0 aliphatic rings. The predicted molar refractivity (Wildman–Crippen MR) is 40.2 cm³/mol. The van der Waals surface area contributed by atoms with Crippen molar-refractivity contribution in [2.75, 3.05) is 7.11 Å². The Morgan fingerprint density at radius 1 is 1.50 bits per heavy atom. The fourth-order valence-electron chi connectivity index (χ4n) is 0.619. The third-order valence-electron chi connectivity index (χ3n) is 1.15. The summed E-state index contributed by atoms with van der Waals surface area (Å²) in [4.78, 5) is 0.305. The monoisotopic (exact) mass is 158 g/mol. The van der Waals surface area contributed by atoms with Crippen LogP contribution in [-0.4, -0.2) is 7.11 Å². The number of thiol groups is 1. The van der Waals surface area contributed by atoms with Crippen molar-refractivity contribution < 1.29 is 9.13 Å². The first-order chi connectivity index (χ1) is 4.74. The number of ether oxygens (including phenoxy) is 1. The molecular formula is C7H7FOS. The molecule has 0 aliphatic carbocycles. The molecule has 10 heavy (non-hydrogen) atoms. The minimum Gasteiger partial charge on any atom is -0.497 e. The minimum absolute atomic E-state index is 0.305. The maximum atomic E-state index is 12.5. The number of benzene rings is 1. The van der Waals surface area contributed by atoms with Gasteiger partial charge in [0.05, 0.1) is 7.11 Å². The maximum Gasteiger partial charge on any atom is 0.136 e. The average molecular weight is 158 g/mol. The van der Waals surface area contributed by atoms with Crippen molar-refractivity contribution in [2.45, 2.75) is 4.90 Å². The van der Waals surface area contributed by atoms with Crippen LogP contribution in [0, 0.1) is 5.82 Å². The van der Waals surface area contributed by atoms with Gasteiger partial charge in [-0.15, -0.1) is 12.6 Å². The molecule has 0 N–H and O–H groups in total. The lowest BCUT2D eigenvalue weighted by atomic mass is 10.3. The molecule has 0 spiro atoms. The summed E-state index contributed by atoms with van der Waals surface area (Å²) in [6.45, 7) is 0. The average Bonchev–Trinajstić information content (AvgIpc) is 1.95. The summed E-state index contributed by atoms with van der Waals surface area (Å²) in [7, 11) is 1.53. The van der Waals surface area contributed by atoms with E-state index in [0.717, 1.165) is 0 Å². The van der Waals surface area contributed by atoms with Gasteiger partial charge in [-0.25, -0.2) is 4.39 Å². The van der Waals surface area contributed by atoms with Crippen molar-refractivity contribution in [3.8, 4) is 5.75 Å². The van der Waals surface area contributed by atoms with Gasteiger partial charge >= 0.3 is 0 Å². The fourth-order valence-corrected chi connectivity index (χ4v) is 0.821. The fraction of sp³-hybridized carbons (Fsp3) is 0.143. The molecule has 0 aliphatic heterocycles. The smallest absolute Gasteiger partial charge is 0.136 e. The largest absolute Gasteiger partial charge is 0.497 e. The summed E-state index contributed by atoms with van der Waals surface area (Å²) < 4.78 is 17.3. The molecule has 1 rings (SSSR count). The molecule has 0 radical (unpaired) electrons. The second kappa shape index (κ2) is 2.92. The van der Waals surface area contributed by atoms with Crippen molar-refractivity contribution in [1.82, 2.24) is 0 Å². The van der Waals surface area contributed by atoms with Gasteiger partial charge in [-0.1, -0.05) is 0 Å². The molecule has 1 aromatic rings. The van der Waals surface area contributed by atoms with Gasteiger partial charge in [0.1, 0.15) is 11.6 Å². The first-order valence-electron chi connectivity index (χ1n) is 2.76. The summed E-state index contributed by atoms with van der Waals surface area (Å²) >= 11 is 3.87. The van der Waals surface area contributed by atoms with Crippen LogP contribution in [0.1, 0.15) is 0 Å². The van der Waals surface area contributed by atoms with Crippen LogP contribution < -0.4 is 4.74 Å². The number of methoxy groups -OCH3 is 1. The van der Waals surface area contributed by atoms with E-state index in [-0.39, 0.29) is 5.82 Å². The number of rotatable bonds is 1. The van der Waals surface area contributed by atoms with Gasteiger partial charge in [0, 0.05) is 4.90 Å². The van der Waals surface area contributed by atoms with Gasteiger partial charge in [-0.3, -0.25) is 0 Å². The predicted octanol–water partition coefficient (Wildman–Crippen LogP) is 2.12. The maximum absolute atomic E-state index is 12.5. The van der Waals surface area contributed by atoms with Crippen LogP contribution >= 0.6 is 12.6 Å². The van der Waals surface area contributed by atoms with E-state index in [1.807, 2.05) is 0 Å². The third kappa shape index (κ3) is 1.42. The summed E-state index contributed by atoms with van der Waals surface area (Å²) in [5.74, 6) is 0.288. The van der Waals surface area contributed by atoms with Crippen molar-refractivity contribution in [3.63, 3.8) is 0 Å². The molecule has 1 nitrogen and oxygen atoms in total. The van der Waals surface area contributed by atoms with Gasteiger partial charge in [0.25, 0.3) is 0 Å². The van der Waals surface area contributed by atoms with E-state index in [1.165, 1.54) is 19.2 Å². The summed E-state index contributed by atoms with van der Waals surface area (Å²) in [5.41, 5.74) is 0. The second-order valence-electron chi connectivity index (χ2n) is 1.82. The first-order valence-corrected chi connectivity index (χ1v) is 3.21. The normalized spacial score (nSPS) is 9.50. The van der Waals surface area contributed by atoms with Gasteiger partial charge in [-0.05, 0) is 18.2 Å². The highest BCUT2D eigenvalue weighted by Gasteiger charge is 1.97. The zero-order valence-corrected chi connectivity index (χ0v) is 6.36. The molecule has 0 amide bonds. The second-order valence-corrected chi connectivity index (χ2v) is 2.30. The van der Waals surface area contributed by atoms with Crippen molar-refractivity contribution in [1.29, 1.82) is 0 Å². The Morgan fingerprint density at radius 3 is 2.70 bits per heavy atom. The van der Waals surface area contributed by atoms with E-state index in [4.69, 9.17) is 4.74 Å². The number of hydrogen-bond acceptors (Lipinski definition) is 2. The van der Waals surface area contributed by atoms with E-state index in [2.05, 4.69) is 12.6 Å². The van der Waals surface area contributed by atoms with Gasteiger partial charge in [0.15, 0.2) is 0 Å². The molecule has 0 atom stereocenters. The van der Waals surface area contributed by atoms with Crippen LogP contribution in [0.25, 0.3) is 0 Å². The van der Waals surface area contributed by atoms with Gasteiger partial charge < -0.3 is 4.74 Å². The zero-order chi connectivity index (χ0) is 7.56. The van der Waals surface area contributed by atoms with Crippen LogP contribution in [-0.2, 0) is 0 Å². The highest BCUT2D eigenvalue weighted by atomic mass is 32.1. The lowest BCUT2D eigenvalue weighted by Crippen LogP contribution is -1.83. The highest BCUT2D eigenvalue weighted by Crippen LogP contribution is 2.18.